The van der Waals surface area contributed by atoms with Crippen LogP contribution in [-0.4, -0.2) is 10.9 Å². The standard InChI is InChI=1S/C20H19FN2OS/c1-11-6-14(9-16(21)7-11)10-18-23-13(3)19(25-18)15-4-5-17(20(22)24)12(2)8-15/h4-9H,10H2,1-3H3,(H2,22,24). The van der Waals surface area contributed by atoms with Crippen molar-refractivity contribution in [2.24, 2.45) is 5.73 Å². The number of primary amides is 1. The number of aryl methyl sites for hydroxylation is 3. The number of amides is 1. The van der Waals surface area contributed by atoms with Gasteiger partial charge in [-0.2, -0.15) is 0 Å². The van der Waals surface area contributed by atoms with Crippen molar-refractivity contribution < 1.29 is 9.18 Å². The third-order valence-corrected chi connectivity index (χ3v) is 5.26. The molecule has 0 aliphatic rings. The van der Waals surface area contributed by atoms with Crippen molar-refractivity contribution in [2.45, 2.75) is 27.2 Å². The Bertz CT molecular complexity index is 942. The molecule has 0 saturated carbocycles. The number of carbonyl (C=O) groups excluding carboxylic acids is 1. The molecule has 0 aliphatic carbocycles. The van der Waals surface area contributed by atoms with Gasteiger partial charge in [-0.25, -0.2) is 9.37 Å². The van der Waals surface area contributed by atoms with E-state index in [1.54, 1.807) is 23.5 Å². The van der Waals surface area contributed by atoms with E-state index in [-0.39, 0.29) is 5.82 Å². The topological polar surface area (TPSA) is 56.0 Å². The Kier molecular flexibility index (Phi) is 4.68. The fourth-order valence-electron chi connectivity index (χ4n) is 2.97. The second-order valence-electron chi connectivity index (χ2n) is 6.23. The van der Waals surface area contributed by atoms with Crippen molar-refractivity contribution in [1.82, 2.24) is 4.98 Å². The van der Waals surface area contributed by atoms with Crippen LogP contribution in [0.1, 0.15) is 37.7 Å². The van der Waals surface area contributed by atoms with Crippen molar-refractivity contribution >= 4 is 17.2 Å². The Balaban J connectivity index is 1.92. The molecule has 1 amide bonds. The quantitative estimate of drug-likeness (QED) is 0.746. The van der Waals surface area contributed by atoms with Gasteiger partial charge in [-0.05, 0) is 67.3 Å². The molecule has 3 nitrogen and oxygen atoms in total. The smallest absolute Gasteiger partial charge is 0.248 e. The highest BCUT2D eigenvalue weighted by Crippen LogP contribution is 2.32. The maximum absolute atomic E-state index is 13.6. The molecule has 3 aromatic rings. The van der Waals surface area contributed by atoms with Crippen LogP contribution in [-0.2, 0) is 6.42 Å². The van der Waals surface area contributed by atoms with Crippen LogP contribution in [0.15, 0.2) is 36.4 Å². The second-order valence-corrected chi connectivity index (χ2v) is 7.31. The molecule has 1 aromatic heterocycles. The molecule has 5 heteroatoms. The van der Waals surface area contributed by atoms with Crippen molar-refractivity contribution in [3.8, 4) is 10.4 Å². The van der Waals surface area contributed by atoms with Gasteiger partial charge < -0.3 is 5.73 Å². The Morgan fingerprint density at radius 2 is 1.92 bits per heavy atom. The summed E-state index contributed by atoms with van der Waals surface area (Å²) in [6.07, 6.45) is 0.600. The number of hydrogen-bond donors (Lipinski definition) is 1. The van der Waals surface area contributed by atoms with E-state index >= 15 is 0 Å². The maximum Gasteiger partial charge on any atom is 0.248 e. The molecule has 3 rings (SSSR count). The van der Waals surface area contributed by atoms with Crippen LogP contribution >= 0.6 is 11.3 Å². The molecule has 0 aliphatic heterocycles. The Labute approximate surface area is 150 Å². The van der Waals surface area contributed by atoms with Gasteiger partial charge in [0.05, 0.1) is 15.6 Å². The molecule has 1 heterocycles. The van der Waals surface area contributed by atoms with E-state index in [1.165, 1.54) is 6.07 Å². The number of nitrogens with two attached hydrogens (primary N) is 1. The predicted octanol–water partition coefficient (Wildman–Crippen LogP) is 4.56. The largest absolute Gasteiger partial charge is 0.366 e. The van der Waals surface area contributed by atoms with Crippen LogP contribution in [0.3, 0.4) is 0 Å². The van der Waals surface area contributed by atoms with Gasteiger partial charge in [0.25, 0.3) is 0 Å². The Morgan fingerprint density at radius 3 is 2.56 bits per heavy atom. The van der Waals surface area contributed by atoms with Crippen LogP contribution in [0.2, 0.25) is 0 Å². The van der Waals surface area contributed by atoms with Crippen LogP contribution in [0.25, 0.3) is 10.4 Å². The second kappa shape index (κ2) is 6.76. The zero-order valence-corrected chi connectivity index (χ0v) is 15.2. The minimum atomic E-state index is -0.424. The summed E-state index contributed by atoms with van der Waals surface area (Å²) in [6.45, 7) is 5.72. The van der Waals surface area contributed by atoms with Gasteiger partial charge in [0.15, 0.2) is 0 Å². The lowest BCUT2D eigenvalue weighted by Crippen LogP contribution is -2.12. The third kappa shape index (κ3) is 3.77. The van der Waals surface area contributed by atoms with Crippen LogP contribution in [0.5, 0.6) is 0 Å². The molecule has 0 unspecified atom stereocenters. The van der Waals surface area contributed by atoms with Gasteiger partial charge in [0.1, 0.15) is 5.82 Å². The molecule has 0 bridgehead atoms. The van der Waals surface area contributed by atoms with Gasteiger partial charge in [-0.3, -0.25) is 4.79 Å². The van der Waals surface area contributed by atoms with Crippen LogP contribution in [0.4, 0.5) is 4.39 Å². The number of nitrogens with zero attached hydrogens (tertiary/aromatic N) is 1. The lowest BCUT2D eigenvalue weighted by atomic mass is 10.0. The molecule has 2 N–H and O–H groups in total. The average Bonchev–Trinajstić information content (AvgIpc) is 2.86. The molecular weight excluding hydrogens is 335 g/mol. The van der Waals surface area contributed by atoms with Gasteiger partial charge in [0, 0.05) is 12.0 Å². The lowest BCUT2D eigenvalue weighted by Gasteiger charge is -2.05. The van der Waals surface area contributed by atoms with Crippen molar-refractivity contribution in [2.75, 3.05) is 0 Å². The summed E-state index contributed by atoms with van der Waals surface area (Å²) < 4.78 is 13.6. The van der Waals surface area contributed by atoms with Gasteiger partial charge in [0.2, 0.25) is 5.91 Å². The Hall–Kier alpha value is -2.53. The first-order valence-corrected chi connectivity index (χ1v) is 8.78. The van der Waals surface area contributed by atoms with Crippen molar-refractivity contribution in [3.63, 3.8) is 0 Å². The van der Waals surface area contributed by atoms with Gasteiger partial charge in [-0.1, -0.05) is 12.1 Å². The molecule has 25 heavy (non-hydrogen) atoms. The van der Waals surface area contributed by atoms with E-state index in [2.05, 4.69) is 4.98 Å². The molecule has 2 aromatic carbocycles. The first kappa shape index (κ1) is 17.3. The monoisotopic (exact) mass is 354 g/mol. The van der Waals surface area contributed by atoms with E-state index in [4.69, 9.17) is 5.73 Å². The van der Waals surface area contributed by atoms with Crippen LogP contribution < -0.4 is 5.73 Å². The molecule has 0 fully saturated rings. The number of hydrogen-bond acceptors (Lipinski definition) is 3. The van der Waals surface area contributed by atoms with Gasteiger partial charge >= 0.3 is 0 Å². The summed E-state index contributed by atoms with van der Waals surface area (Å²) >= 11 is 1.59. The zero-order valence-electron chi connectivity index (χ0n) is 14.4. The Morgan fingerprint density at radius 1 is 1.16 bits per heavy atom. The van der Waals surface area contributed by atoms with Crippen LogP contribution in [0, 0.1) is 26.6 Å². The predicted molar refractivity (Wildman–Crippen MR) is 99.5 cm³/mol. The van der Waals surface area contributed by atoms with E-state index < -0.39 is 5.91 Å². The highest BCUT2D eigenvalue weighted by molar-refractivity contribution is 7.15. The summed E-state index contributed by atoms with van der Waals surface area (Å²) in [5.74, 6) is -0.645. The molecular formula is C20H19FN2OS. The molecule has 0 radical (unpaired) electrons. The summed E-state index contributed by atoms with van der Waals surface area (Å²) in [7, 11) is 0. The van der Waals surface area contributed by atoms with Crippen molar-refractivity contribution in [1.29, 1.82) is 0 Å². The molecule has 0 atom stereocenters. The zero-order chi connectivity index (χ0) is 18.1. The number of thiazole rings is 1. The summed E-state index contributed by atoms with van der Waals surface area (Å²) in [6, 6.07) is 10.6. The first-order chi connectivity index (χ1) is 11.8. The summed E-state index contributed by atoms with van der Waals surface area (Å²) in [5, 5.41) is 0.939. The number of carbonyl (C=O) groups is 1. The summed E-state index contributed by atoms with van der Waals surface area (Å²) in [4.78, 5) is 17.1. The molecule has 0 spiro atoms. The number of benzene rings is 2. The number of aromatic nitrogens is 1. The van der Waals surface area contributed by atoms with E-state index in [9.17, 15) is 9.18 Å². The van der Waals surface area contributed by atoms with Gasteiger partial charge in [-0.15, -0.1) is 11.3 Å². The normalized spacial score (nSPS) is 10.9. The first-order valence-electron chi connectivity index (χ1n) is 7.96. The van der Waals surface area contributed by atoms with Crippen molar-refractivity contribution in [3.05, 3.63) is 75.2 Å². The molecule has 0 saturated heterocycles. The van der Waals surface area contributed by atoms with E-state index in [1.807, 2.05) is 39.0 Å². The average molecular weight is 354 g/mol. The minimum absolute atomic E-state index is 0.221. The fraction of sp³-hybridized carbons (Fsp3) is 0.200. The number of rotatable bonds is 4. The summed E-state index contributed by atoms with van der Waals surface area (Å²) in [5.41, 5.74) is 10.5. The molecule has 128 valence electrons. The van der Waals surface area contributed by atoms with E-state index in [0.29, 0.717) is 12.0 Å². The third-order valence-electron chi connectivity index (χ3n) is 4.05. The minimum Gasteiger partial charge on any atom is -0.366 e. The highest BCUT2D eigenvalue weighted by Gasteiger charge is 2.13. The highest BCUT2D eigenvalue weighted by atomic mass is 32.1. The number of halogens is 1. The maximum atomic E-state index is 13.6. The lowest BCUT2D eigenvalue weighted by molar-refractivity contribution is 0.0999. The van der Waals surface area contributed by atoms with E-state index in [0.717, 1.165) is 37.8 Å². The fourth-order valence-corrected chi connectivity index (χ4v) is 4.06. The SMILES string of the molecule is Cc1cc(F)cc(Cc2nc(C)c(-c3ccc(C(N)=O)c(C)c3)s2)c1.